The van der Waals surface area contributed by atoms with E-state index in [4.69, 9.17) is 4.74 Å². The highest BCUT2D eigenvalue weighted by molar-refractivity contribution is 5.86. The summed E-state index contributed by atoms with van der Waals surface area (Å²) >= 11 is 0. The average molecular weight is 332 g/mol. The molecule has 1 N–H and O–H groups in total. The van der Waals surface area contributed by atoms with Crippen molar-refractivity contribution in [2.45, 2.75) is 44.2 Å². The summed E-state index contributed by atoms with van der Waals surface area (Å²) in [6.45, 7) is 1.71. The van der Waals surface area contributed by atoms with Crippen molar-refractivity contribution in [1.82, 2.24) is 20.0 Å². The van der Waals surface area contributed by atoms with Gasteiger partial charge in [-0.15, -0.1) is 0 Å². The Morgan fingerprint density at radius 2 is 2.25 bits per heavy atom. The Bertz CT molecular complexity index is 654. The predicted molar refractivity (Wildman–Crippen MR) is 86.1 cm³/mol. The van der Waals surface area contributed by atoms with Gasteiger partial charge in [-0.2, -0.15) is 5.10 Å². The second kappa shape index (κ2) is 5.88. The number of piperidine rings is 1. The second-order valence-corrected chi connectivity index (χ2v) is 7.27. The van der Waals surface area contributed by atoms with E-state index in [9.17, 15) is 9.59 Å². The van der Waals surface area contributed by atoms with Gasteiger partial charge >= 0.3 is 0 Å². The van der Waals surface area contributed by atoms with Crippen LogP contribution in [-0.4, -0.2) is 58.3 Å². The molecule has 0 bridgehead atoms. The van der Waals surface area contributed by atoms with E-state index < -0.39 is 5.41 Å². The molecule has 3 heterocycles. The highest BCUT2D eigenvalue weighted by atomic mass is 16.5. The minimum Gasteiger partial charge on any atom is -0.377 e. The largest absolute Gasteiger partial charge is 0.377 e. The van der Waals surface area contributed by atoms with Gasteiger partial charge in [-0.05, 0) is 31.7 Å². The molecule has 2 aliphatic heterocycles. The fourth-order valence-electron chi connectivity index (χ4n) is 3.86. The summed E-state index contributed by atoms with van der Waals surface area (Å²) < 4.78 is 7.52. The third-order valence-electron chi connectivity index (χ3n) is 5.44. The van der Waals surface area contributed by atoms with E-state index in [2.05, 4.69) is 10.4 Å². The normalized spacial score (nSPS) is 29.4. The average Bonchev–Trinajstić information content (AvgIpc) is 3.11. The van der Waals surface area contributed by atoms with Crippen LogP contribution in [0.3, 0.4) is 0 Å². The SMILES string of the molecule is Cn1ccc(CC(=O)N2CC[C@H]3OCC[C@@]3(C(=O)NC3CC3)C2)n1. The molecule has 24 heavy (non-hydrogen) atoms. The van der Waals surface area contributed by atoms with Crippen molar-refractivity contribution >= 4 is 11.8 Å². The van der Waals surface area contributed by atoms with Gasteiger partial charge in [-0.25, -0.2) is 0 Å². The lowest BCUT2D eigenvalue weighted by Crippen LogP contribution is -2.58. The second-order valence-electron chi connectivity index (χ2n) is 7.27. The maximum absolute atomic E-state index is 12.8. The van der Waals surface area contributed by atoms with Crippen LogP contribution in [0.5, 0.6) is 0 Å². The Kier molecular flexibility index (Phi) is 3.83. The molecule has 7 heteroatoms. The van der Waals surface area contributed by atoms with Crippen molar-refractivity contribution < 1.29 is 14.3 Å². The first-order valence-electron chi connectivity index (χ1n) is 8.76. The molecule has 2 atom stereocenters. The topological polar surface area (TPSA) is 76.5 Å². The number of aryl methyl sites for hydroxylation is 1. The van der Waals surface area contributed by atoms with Crippen LogP contribution in [-0.2, 0) is 27.8 Å². The zero-order chi connectivity index (χ0) is 16.7. The number of ether oxygens (including phenoxy) is 1. The summed E-state index contributed by atoms with van der Waals surface area (Å²) in [6.07, 6.45) is 5.62. The first-order chi connectivity index (χ1) is 11.6. The number of rotatable bonds is 4. The van der Waals surface area contributed by atoms with Gasteiger partial charge in [0.25, 0.3) is 0 Å². The van der Waals surface area contributed by atoms with Gasteiger partial charge in [-0.3, -0.25) is 14.3 Å². The number of aromatic nitrogens is 2. The van der Waals surface area contributed by atoms with E-state index >= 15 is 0 Å². The number of carbonyl (C=O) groups excluding carboxylic acids is 2. The van der Waals surface area contributed by atoms with Crippen molar-refractivity contribution in [3.63, 3.8) is 0 Å². The van der Waals surface area contributed by atoms with E-state index in [-0.39, 0.29) is 24.3 Å². The van der Waals surface area contributed by atoms with Crippen LogP contribution in [0.25, 0.3) is 0 Å². The quantitative estimate of drug-likeness (QED) is 0.857. The smallest absolute Gasteiger partial charge is 0.230 e. The Morgan fingerprint density at radius 3 is 2.96 bits per heavy atom. The highest BCUT2D eigenvalue weighted by Crippen LogP contribution is 2.42. The van der Waals surface area contributed by atoms with Crippen LogP contribution < -0.4 is 5.32 Å². The molecule has 2 saturated heterocycles. The van der Waals surface area contributed by atoms with Crippen LogP contribution in [0.4, 0.5) is 0 Å². The summed E-state index contributed by atoms with van der Waals surface area (Å²) in [5, 5.41) is 7.40. The summed E-state index contributed by atoms with van der Waals surface area (Å²) in [7, 11) is 1.84. The molecule has 1 aliphatic carbocycles. The van der Waals surface area contributed by atoms with Gasteiger partial charge < -0.3 is 15.0 Å². The number of amides is 2. The lowest BCUT2D eigenvalue weighted by molar-refractivity contribution is -0.146. The third kappa shape index (κ3) is 2.81. The summed E-state index contributed by atoms with van der Waals surface area (Å²) in [4.78, 5) is 27.3. The van der Waals surface area contributed by atoms with Gasteiger partial charge in [0.1, 0.15) is 0 Å². The fraction of sp³-hybridized carbons (Fsp3) is 0.706. The Balaban J connectivity index is 1.47. The molecule has 7 nitrogen and oxygen atoms in total. The van der Waals surface area contributed by atoms with Crippen LogP contribution in [0.2, 0.25) is 0 Å². The number of carbonyl (C=O) groups is 2. The van der Waals surface area contributed by atoms with Gasteiger partial charge in [0.2, 0.25) is 11.8 Å². The van der Waals surface area contributed by atoms with Crippen molar-refractivity contribution in [1.29, 1.82) is 0 Å². The van der Waals surface area contributed by atoms with Gasteiger partial charge in [0, 0.05) is 39.0 Å². The molecule has 1 saturated carbocycles. The summed E-state index contributed by atoms with van der Waals surface area (Å²) in [5.41, 5.74) is 0.199. The maximum Gasteiger partial charge on any atom is 0.230 e. The molecule has 0 spiro atoms. The molecule has 3 aliphatic rings. The van der Waals surface area contributed by atoms with E-state index in [1.54, 1.807) is 4.68 Å². The van der Waals surface area contributed by atoms with Gasteiger partial charge in [0.15, 0.2) is 0 Å². The molecule has 4 rings (SSSR count). The zero-order valence-electron chi connectivity index (χ0n) is 14.0. The number of nitrogens with one attached hydrogen (secondary N) is 1. The van der Waals surface area contributed by atoms with E-state index in [0.717, 1.165) is 25.0 Å². The standard InChI is InChI=1S/C17H24N4O3/c1-20-7-4-13(19-20)10-15(22)21-8-5-14-17(11-21,6-9-24-14)16(23)18-12-2-3-12/h4,7,12,14H,2-3,5-6,8-11H2,1H3,(H,18,23)/t14-,17-/m1/s1. The number of fused-ring (bicyclic) bond motifs is 1. The number of nitrogens with zero attached hydrogens (tertiary/aromatic N) is 3. The van der Waals surface area contributed by atoms with Crippen molar-refractivity contribution in [3.8, 4) is 0 Å². The lowest BCUT2D eigenvalue weighted by atomic mass is 9.75. The summed E-state index contributed by atoms with van der Waals surface area (Å²) in [6, 6.07) is 2.19. The highest BCUT2D eigenvalue weighted by Gasteiger charge is 2.54. The summed E-state index contributed by atoms with van der Waals surface area (Å²) in [5.74, 6) is 0.112. The van der Waals surface area contributed by atoms with Crippen molar-refractivity contribution in [3.05, 3.63) is 18.0 Å². The zero-order valence-corrected chi connectivity index (χ0v) is 14.0. The number of hydrogen-bond acceptors (Lipinski definition) is 4. The number of hydrogen-bond donors (Lipinski definition) is 1. The Labute approximate surface area is 141 Å². The van der Waals surface area contributed by atoms with Crippen molar-refractivity contribution in [2.24, 2.45) is 12.5 Å². The van der Waals surface area contributed by atoms with Crippen LogP contribution >= 0.6 is 0 Å². The minimum atomic E-state index is -0.569. The molecular weight excluding hydrogens is 308 g/mol. The maximum atomic E-state index is 12.8. The van der Waals surface area contributed by atoms with E-state index in [1.165, 1.54) is 0 Å². The molecular formula is C17H24N4O3. The molecule has 1 aromatic heterocycles. The van der Waals surface area contributed by atoms with Crippen LogP contribution in [0, 0.1) is 5.41 Å². The van der Waals surface area contributed by atoms with E-state index in [0.29, 0.717) is 32.2 Å². The van der Waals surface area contributed by atoms with Gasteiger partial charge in [-0.1, -0.05) is 0 Å². The van der Waals surface area contributed by atoms with Crippen molar-refractivity contribution in [2.75, 3.05) is 19.7 Å². The molecule has 2 amide bonds. The van der Waals surface area contributed by atoms with Gasteiger partial charge in [0.05, 0.1) is 23.6 Å². The molecule has 3 fully saturated rings. The van der Waals surface area contributed by atoms with Crippen LogP contribution in [0.15, 0.2) is 12.3 Å². The number of likely N-dealkylation sites (tertiary alicyclic amines) is 1. The first-order valence-corrected chi connectivity index (χ1v) is 8.76. The molecule has 0 radical (unpaired) electrons. The molecule has 0 unspecified atom stereocenters. The predicted octanol–water partition coefficient (Wildman–Crippen LogP) is 0.249. The van der Waals surface area contributed by atoms with Crippen LogP contribution in [0.1, 0.15) is 31.4 Å². The molecule has 0 aromatic carbocycles. The fourth-order valence-corrected chi connectivity index (χ4v) is 3.86. The molecule has 130 valence electrons. The first kappa shape index (κ1) is 15.6. The Hall–Kier alpha value is -1.89. The molecule has 1 aromatic rings. The Morgan fingerprint density at radius 1 is 1.42 bits per heavy atom. The lowest BCUT2D eigenvalue weighted by Gasteiger charge is -2.42. The monoisotopic (exact) mass is 332 g/mol. The third-order valence-corrected chi connectivity index (χ3v) is 5.44. The minimum absolute atomic E-state index is 0.0395. The van der Waals surface area contributed by atoms with E-state index in [1.807, 2.05) is 24.2 Å².